The lowest BCUT2D eigenvalue weighted by Gasteiger charge is -2.61. The van der Waals surface area contributed by atoms with E-state index in [1.54, 1.807) is 11.1 Å². The second kappa shape index (κ2) is 12.1. The third kappa shape index (κ3) is 4.97. The number of benzene rings is 6. The van der Waals surface area contributed by atoms with Crippen molar-refractivity contribution < 1.29 is 0 Å². The highest BCUT2D eigenvalue weighted by Gasteiger charge is 2.62. The Balaban J connectivity index is 1.18. The van der Waals surface area contributed by atoms with E-state index in [2.05, 4.69) is 172 Å². The van der Waals surface area contributed by atoms with Gasteiger partial charge in [-0.25, -0.2) is 0 Å². The highest BCUT2D eigenvalue weighted by molar-refractivity contribution is 5.96. The summed E-state index contributed by atoms with van der Waals surface area (Å²) in [5, 5.41) is 0. The molecule has 4 saturated carbocycles. The van der Waals surface area contributed by atoms with Gasteiger partial charge in [-0.3, -0.25) is 0 Å². The number of rotatable bonds is 5. The quantitative estimate of drug-likeness (QED) is 0.172. The molecule has 4 fully saturated rings. The van der Waals surface area contributed by atoms with Gasteiger partial charge in [0.25, 0.3) is 0 Å². The summed E-state index contributed by atoms with van der Waals surface area (Å²) in [6.45, 7) is 9.80. The van der Waals surface area contributed by atoms with E-state index in [1.165, 1.54) is 107 Å². The third-order valence-corrected chi connectivity index (χ3v) is 15.3. The molecule has 274 valence electrons. The van der Waals surface area contributed by atoms with Crippen LogP contribution in [-0.4, -0.2) is 0 Å². The molecule has 1 spiro atoms. The Hall–Kier alpha value is -4.88. The first kappa shape index (κ1) is 33.5. The van der Waals surface area contributed by atoms with Gasteiger partial charge in [0.1, 0.15) is 0 Å². The number of hydrogen-bond acceptors (Lipinski definition) is 1. The van der Waals surface area contributed by atoms with E-state index in [4.69, 9.17) is 0 Å². The molecule has 0 heterocycles. The molecule has 6 aliphatic rings. The minimum atomic E-state index is 0.0730. The molecule has 0 aromatic heterocycles. The van der Waals surface area contributed by atoms with E-state index in [9.17, 15) is 0 Å². The van der Waals surface area contributed by atoms with Gasteiger partial charge < -0.3 is 4.90 Å². The zero-order chi connectivity index (χ0) is 37.1. The molecule has 0 atom stereocenters. The Labute approximate surface area is 328 Å². The molecule has 0 aliphatic heterocycles. The molecule has 6 aromatic carbocycles. The van der Waals surface area contributed by atoms with Crippen LogP contribution in [0.5, 0.6) is 0 Å². The van der Waals surface area contributed by atoms with E-state index in [0.29, 0.717) is 11.8 Å². The predicted octanol–water partition coefficient (Wildman–Crippen LogP) is 14.6. The predicted molar refractivity (Wildman–Crippen MR) is 231 cm³/mol. The zero-order valence-corrected chi connectivity index (χ0v) is 33.0. The standard InChI is InChI=1S/C54H53N/c1-52(2)25-26-53(3,4)49-33-43(23-24-48(49)52)55(42-21-19-38(20-22-42)37-13-7-5-8-14-37)44-32-46(39-15-9-6-10-16-39)51-45-17-11-12-18-47(45)54(50(51)34-44)40-28-35-27-36(30-40)31-41(54)29-35/h5-24,32-36,40-41H,25-31H2,1-4H3. The minimum absolute atomic E-state index is 0.0730. The van der Waals surface area contributed by atoms with Crippen LogP contribution >= 0.6 is 0 Å². The monoisotopic (exact) mass is 715 g/mol. The summed E-state index contributed by atoms with van der Waals surface area (Å²) in [6.07, 6.45) is 9.40. The number of nitrogens with zero attached hydrogens (tertiary/aromatic N) is 1. The smallest absolute Gasteiger partial charge is 0.0471 e. The molecule has 12 rings (SSSR count). The van der Waals surface area contributed by atoms with Gasteiger partial charge in [-0.05, 0) is 171 Å². The van der Waals surface area contributed by atoms with E-state index >= 15 is 0 Å². The first-order valence-corrected chi connectivity index (χ1v) is 21.2. The van der Waals surface area contributed by atoms with E-state index < -0.39 is 0 Å². The fourth-order valence-corrected chi connectivity index (χ4v) is 12.8. The normalized spacial score (nSPS) is 26.0. The van der Waals surface area contributed by atoms with Crippen LogP contribution in [0.4, 0.5) is 17.1 Å². The topological polar surface area (TPSA) is 3.24 Å². The van der Waals surface area contributed by atoms with Crippen molar-refractivity contribution >= 4 is 17.1 Å². The van der Waals surface area contributed by atoms with E-state index in [-0.39, 0.29) is 16.2 Å². The maximum Gasteiger partial charge on any atom is 0.0471 e. The average Bonchev–Trinajstić information content (AvgIpc) is 3.50. The number of fused-ring (bicyclic) bond motifs is 4. The summed E-state index contributed by atoms with van der Waals surface area (Å²) in [5.74, 6) is 3.22. The molecular weight excluding hydrogens is 663 g/mol. The van der Waals surface area contributed by atoms with Gasteiger partial charge in [0, 0.05) is 22.5 Å². The fraction of sp³-hybridized carbons (Fsp3) is 0.333. The molecule has 1 heteroatoms. The number of anilines is 3. The Morgan fingerprint density at radius 1 is 0.418 bits per heavy atom. The molecule has 6 aliphatic carbocycles. The van der Waals surface area contributed by atoms with Gasteiger partial charge in [0.05, 0.1) is 0 Å². The summed E-state index contributed by atoms with van der Waals surface area (Å²) in [4.78, 5) is 2.60. The van der Waals surface area contributed by atoms with Gasteiger partial charge in [-0.1, -0.05) is 131 Å². The first-order valence-electron chi connectivity index (χ1n) is 21.2. The van der Waals surface area contributed by atoms with Crippen molar-refractivity contribution in [2.24, 2.45) is 23.7 Å². The highest BCUT2D eigenvalue weighted by atomic mass is 15.1. The Kier molecular flexibility index (Phi) is 7.34. The van der Waals surface area contributed by atoms with Crippen molar-refractivity contribution in [3.63, 3.8) is 0 Å². The van der Waals surface area contributed by atoms with E-state index in [0.717, 1.165) is 11.8 Å². The molecule has 0 N–H and O–H groups in total. The van der Waals surface area contributed by atoms with Crippen LogP contribution < -0.4 is 4.90 Å². The van der Waals surface area contributed by atoms with Gasteiger partial charge in [-0.2, -0.15) is 0 Å². The SMILES string of the molecule is CC1(C)CCC(C)(C)c2cc(N(c3ccc(-c4ccccc4)cc3)c3cc(-c4ccccc4)c4c(c3)C3(c5ccccc5-4)C4CC5CC(C4)CC3C5)ccc21. The summed E-state index contributed by atoms with van der Waals surface area (Å²) in [7, 11) is 0. The van der Waals surface area contributed by atoms with Crippen molar-refractivity contribution in [2.75, 3.05) is 4.90 Å². The van der Waals surface area contributed by atoms with Crippen LogP contribution in [0, 0.1) is 23.7 Å². The molecule has 1 nitrogen and oxygen atoms in total. The Morgan fingerprint density at radius 3 is 1.64 bits per heavy atom. The summed E-state index contributed by atoms with van der Waals surface area (Å²) >= 11 is 0. The molecule has 6 aromatic rings. The van der Waals surface area contributed by atoms with Crippen LogP contribution in [-0.2, 0) is 16.2 Å². The molecule has 0 amide bonds. The van der Waals surface area contributed by atoms with E-state index in [1.807, 2.05) is 0 Å². The zero-order valence-electron chi connectivity index (χ0n) is 33.0. The fourth-order valence-electron chi connectivity index (χ4n) is 12.8. The number of hydrogen-bond donors (Lipinski definition) is 0. The van der Waals surface area contributed by atoms with Crippen molar-refractivity contribution in [2.45, 2.75) is 88.9 Å². The molecule has 55 heavy (non-hydrogen) atoms. The average molecular weight is 716 g/mol. The molecule has 4 bridgehead atoms. The van der Waals surface area contributed by atoms with Crippen molar-refractivity contribution in [3.8, 4) is 33.4 Å². The van der Waals surface area contributed by atoms with Crippen LogP contribution in [0.2, 0.25) is 0 Å². The first-order chi connectivity index (χ1) is 26.7. The van der Waals surface area contributed by atoms with Crippen molar-refractivity contribution in [1.29, 1.82) is 0 Å². The van der Waals surface area contributed by atoms with Crippen molar-refractivity contribution in [1.82, 2.24) is 0 Å². The molecule has 0 radical (unpaired) electrons. The highest BCUT2D eigenvalue weighted by Crippen LogP contribution is 2.70. The van der Waals surface area contributed by atoms with Crippen LogP contribution in [0.3, 0.4) is 0 Å². The molecular formula is C54H53N. The molecule has 0 saturated heterocycles. The van der Waals surface area contributed by atoms with Crippen LogP contribution in [0.25, 0.3) is 33.4 Å². The van der Waals surface area contributed by atoms with Crippen LogP contribution in [0.15, 0.2) is 140 Å². The second-order valence-electron chi connectivity index (χ2n) is 19.2. The maximum atomic E-state index is 2.68. The van der Waals surface area contributed by atoms with Gasteiger partial charge in [-0.15, -0.1) is 0 Å². The lowest BCUT2D eigenvalue weighted by atomic mass is 9.43. The van der Waals surface area contributed by atoms with Crippen LogP contribution in [0.1, 0.15) is 94.9 Å². The summed E-state index contributed by atoms with van der Waals surface area (Å²) < 4.78 is 0. The Bertz CT molecular complexity index is 2400. The minimum Gasteiger partial charge on any atom is -0.310 e. The van der Waals surface area contributed by atoms with Gasteiger partial charge >= 0.3 is 0 Å². The maximum absolute atomic E-state index is 2.68. The summed E-state index contributed by atoms with van der Waals surface area (Å²) in [6, 6.07) is 53.8. The largest absolute Gasteiger partial charge is 0.310 e. The Morgan fingerprint density at radius 2 is 0.964 bits per heavy atom. The van der Waals surface area contributed by atoms with Gasteiger partial charge in [0.15, 0.2) is 0 Å². The van der Waals surface area contributed by atoms with Crippen molar-refractivity contribution in [3.05, 3.63) is 162 Å². The third-order valence-electron chi connectivity index (χ3n) is 15.3. The summed E-state index contributed by atoms with van der Waals surface area (Å²) in [5.41, 5.74) is 18.5. The lowest BCUT2D eigenvalue weighted by Crippen LogP contribution is -2.55. The second-order valence-corrected chi connectivity index (χ2v) is 19.2. The lowest BCUT2D eigenvalue weighted by molar-refractivity contribution is -0.0399. The molecule has 0 unspecified atom stereocenters. The van der Waals surface area contributed by atoms with Gasteiger partial charge in [0.2, 0.25) is 0 Å².